The van der Waals surface area contributed by atoms with E-state index in [4.69, 9.17) is 5.73 Å². The lowest BCUT2D eigenvalue weighted by Crippen LogP contribution is -2.37. The van der Waals surface area contributed by atoms with Crippen LogP contribution in [-0.4, -0.2) is 48.1 Å². The third kappa shape index (κ3) is 2.92. The van der Waals surface area contributed by atoms with Crippen LogP contribution in [0, 0.1) is 0 Å². The molecule has 1 aromatic rings. The zero-order chi connectivity index (χ0) is 12.3. The standard InChI is InChI=1S/C12H21N5/c1-16-7-3-4-11(16)9-17(2)12-14-6-5-10(8-13)15-12/h5-6,11H,3-4,7-9,13H2,1-2H3. The summed E-state index contributed by atoms with van der Waals surface area (Å²) in [5.74, 6) is 0.772. The van der Waals surface area contributed by atoms with Crippen LogP contribution in [0.3, 0.4) is 0 Å². The number of hydrogen-bond donors (Lipinski definition) is 1. The van der Waals surface area contributed by atoms with Crippen LogP contribution in [-0.2, 0) is 6.54 Å². The molecular formula is C12H21N5. The molecule has 0 aliphatic carbocycles. The molecule has 1 unspecified atom stereocenters. The van der Waals surface area contributed by atoms with Crippen LogP contribution in [0.1, 0.15) is 18.5 Å². The van der Waals surface area contributed by atoms with Gasteiger partial charge in [-0.05, 0) is 32.5 Å². The van der Waals surface area contributed by atoms with Crippen LogP contribution in [0.25, 0.3) is 0 Å². The van der Waals surface area contributed by atoms with Crippen LogP contribution in [0.4, 0.5) is 5.95 Å². The van der Waals surface area contributed by atoms with Gasteiger partial charge in [-0.3, -0.25) is 0 Å². The first-order valence-corrected chi connectivity index (χ1v) is 6.14. The highest BCUT2D eigenvalue weighted by Gasteiger charge is 2.22. The largest absolute Gasteiger partial charge is 0.342 e. The second-order valence-electron chi connectivity index (χ2n) is 4.71. The average Bonchev–Trinajstić information content (AvgIpc) is 2.75. The van der Waals surface area contributed by atoms with E-state index in [2.05, 4.69) is 26.8 Å². The van der Waals surface area contributed by atoms with Crippen molar-refractivity contribution in [1.82, 2.24) is 14.9 Å². The maximum absolute atomic E-state index is 5.59. The molecule has 0 bridgehead atoms. The Balaban J connectivity index is 2.00. The molecule has 2 N–H and O–H groups in total. The number of likely N-dealkylation sites (N-methyl/N-ethyl adjacent to an activating group) is 2. The third-order valence-corrected chi connectivity index (χ3v) is 3.41. The van der Waals surface area contributed by atoms with Gasteiger partial charge in [-0.2, -0.15) is 0 Å². The number of anilines is 1. The summed E-state index contributed by atoms with van der Waals surface area (Å²) in [7, 11) is 4.23. The second-order valence-corrected chi connectivity index (χ2v) is 4.71. The highest BCUT2D eigenvalue weighted by atomic mass is 15.3. The van der Waals surface area contributed by atoms with E-state index in [0.29, 0.717) is 12.6 Å². The molecule has 0 amide bonds. The van der Waals surface area contributed by atoms with Crippen molar-refractivity contribution < 1.29 is 0 Å². The van der Waals surface area contributed by atoms with Crippen LogP contribution in [0.15, 0.2) is 12.3 Å². The molecule has 17 heavy (non-hydrogen) atoms. The normalized spacial score (nSPS) is 20.8. The van der Waals surface area contributed by atoms with Gasteiger partial charge in [0.1, 0.15) is 0 Å². The van der Waals surface area contributed by atoms with E-state index in [0.717, 1.165) is 18.2 Å². The average molecular weight is 235 g/mol. The number of rotatable bonds is 4. The summed E-state index contributed by atoms with van der Waals surface area (Å²) in [4.78, 5) is 13.2. The van der Waals surface area contributed by atoms with Crippen molar-refractivity contribution in [3.05, 3.63) is 18.0 Å². The quantitative estimate of drug-likeness (QED) is 0.822. The minimum absolute atomic E-state index is 0.465. The monoisotopic (exact) mass is 235 g/mol. The molecule has 0 spiro atoms. The lowest BCUT2D eigenvalue weighted by molar-refractivity contribution is 0.313. The highest BCUT2D eigenvalue weighted by Crippen LogP contribution is 2.17. The molecule has 1 atom stereocenters. The molecule has 5 nitrogen and oxygen atoms in total. The Hall–Kier alpha value is -1.20. The summed E-state index contributed by atoms with van der Waals surface area (Å²) >= 11 is 0. The van der Waals surface area contributed by atoms with Crippen LogP contribution in [0.2, 0.25) is 0 Å². The molecule has 0 radical (unpaired) electrons. The fourth-order valence-corrected chi connectivity index (χ4v) is 2.29. The molecule has 1 fully saturated rings. The molecule has 1 saturated heterocycles. The van der Waals surface area contributed by atoms with E-state index in [-0.39, 0.29) is 0 Å². The molecule has 2 heterocycles. The fraction of sp³-hybridized carbons (Fsp3) is 0.667. The molecule has 1 aliphatic heterocycles. The van der Waals surface area contributed by atoms with Crippen LogP contribution in [0.5, 0.6) is 0 Å². The highest BCUT2D eigenvalue weighted by molar-refractivity contribution is 5.29. The fourth-order valence-electron chi connectivity index (χ4n) is 2.29. The Morgan fingerprint density at radius 3 is 3.06 bits per heavy atom. The van der Waals surface area contributed by atoms with E-state index in [1.807, 2.05) is 13.1 Å². The number of likely N-dealkylation sites (tertiary alicyclic amines) is 1. The Morgan fingerprint density at radius 1 is 1.59 bits per heavy atom. The van der Waals surface area contributed by atoms with Gasteiger partial charge in [0.05, 0.1) is 5.69 Å². The van der Waals surface area contributed by atoms with Crippen molar-refractivity contribution in [2.75, 3.05) is 32.1 Å². The summed E-state index contributed by atoms with van der Waals surface area (Å²) in [5.41, 5.74) is 6.48. The van der Waals surface area contributed by atoms with E-state index < -0.39 is 0 Å². The Bertz CT molecular complexity index is 368. The Kier molecular flexibility index (Phi) is 3.91. The van der Waals surface area contributed by atoms with Crippen molar-refractivity contribution in [2.45, 2.75) is 25.4 Å². The lowest BCUT2D eigenvalue weighted by Gasteiger charge is -2.25. The van der Waals surface area contributed by atoms with Gasteiger partial charge in [-0.1, -0.05) is 0 Å². The predicted octanol–water partition coefficient (Wildman–Crippen LogP) is 0.466. The van der Waals surface area contributed by atoms with E-state index >= 15 is 0 Å². The Morgan fingerprint density at radius 2 is 2.41 bits per heavy atom. The van der Waals surface area contributed by atoms with Gasteiger partial charge in [-0.25, -0.2) is 9.97 Å². The van der Waals surface area contributed by atoms with Crippen molar-refractivity contribution in [2.24, 2.45) is 5.73 Å². The first-order valence-electron chi connectivity index (χ1n) is 6.14. The van der Waals surface area contributed by atoms with Gasteiger partial charge < -0.3 is 15.5 Å². The molecule has 0 aromatic carbocycles. The van der Waals surface area contributed by atoms with Crippen molar-refractivity contribution in [3.8, 4) is 0 Å². The smallest absolute Gasteiger partial charge is 0.225 e. The van der Waals surface area contributed by atoms with Gasteiger partial charge in [0, 0.05) is 32.4 Å². The zero-order valence-electron chi connectivity index (χ0n) is 10.6. The maximum atomic E-state index is 5.59. The molecule has 2 rings (SSSR count). The topological polar surface area (TPSA) is 58.3 Å². The minimum Gasteiger partial charge on any atom is -0.342 e. The van der Waals surface area contributed by atoms with Gasteiger partial charge >= 0.3 is 0 Å². The van der Waals surface area contributed by atoms with E-state index in [1.54, 1.807) is 6.20 Å². The summed E-state index contributed by atoms with van der Waals surface area (Å²) in [6.07, 6.45) is 4.33. The van der Waals surface area contributed by atoms with Gasteiger partial charge in [0.2, 0.25) is 5.95 Å². The summed E-state index contributed by atoms with van der Waals surface area (Å²) in [6, 6.07) is 2.48. The predicted molar refractivity (Wildman–Crippen MR) is 68.8 cm³/mol. The number of nitrogens with two attached hydrogens (primary N) is 1. The molecule has 1 aromatic heterocycles. The van der Waals surface area contributed by atoms with Crippen molar-refractivity contribution in [3.63, 3.8) is 0 Å². The zero-order valence-corrected chi connectivity index (χ0v) is 10.6. The maximum Gasteiger partial charge on any atom is 0.225 e. The molecule has 94 valence electrons. The van der Waals surface area contributed by atoms with Crippen molar-refractivity contribution >= 4 is 5.95 Å². The minimum atomic E-state index is 0.465. The number of hydrogen-bond acceptors (Lipinski definition) is 5. The van der Waals surface area contributed by atoms with Crippen LogP contribution < -0.4 is 10.6 Å². The van der Waals surface area contributed by atoms with Crippen molar-refractivity contribution in [1.29, 1.82) is 0 Å². The van der Waals surface area contributed by atoms with E-state index in [1.165, 1.54) is 19.4 Å². The summed E-state index contributed by atoms with van der Waals surface area (Å²) in [5, 5.41) is 0. The molecule has 5 heteroatoms. The first-order chi connectivity index (χ1) is 8.20. The molecule has 0 saturated carbocycles. The lowest BCUT2D eigenvalue weighted by atomic mass is 10.2. The van der Waals surface area contributed by atoms with Gasteiger partial charge in [0.15, 0.2) is 0 Å². The SMILES string of the molecule is CN(CC1CCCN1C)c1nccc(CN)n1. The van der Waals surface area contributed by atoms with Gasteiger partial charge in [-0.15, -0.1) is 0 Å². The molecule has 1 aliphatic rings. The van der Waals surface area contributed by atoms with Crippen LogP contribution >= 0.6 is 0 Å². The third-order valence-electron chi connectivity index (χ3n) is 3.41. The Labute approximate surface area is 103 Å². The molecular weight excluding hydrogens is 214 g/mol. The number of aromatic nitrogens is 2. The first kappa shape index (κ1) is 12.3. The second kappa shape index (κ2) is 5.42. The summed E-state index contributed by atoms with van der Waals surface area (Å²) in [6.45, 7) is 2.64. The van der Waals surface area contributed by atoms with Gasteiger partial charge in [0.25, 0.3) is 0 Å². The summed E-state index contributed by atoms with van der Waals surface area (Å²) < 4.78 is 0. The number of nitrogens with zero attached hydrogens (tertiary/aromatic N) is 4. The van der Waals surface area contributed by atoms with E-state index in [9.17, 15) is 0 Å².